The van der Waals surface area contributed by atoms with Crippen LogP contribution in [0.5, 0.6) is 0 Å². The summed E-state index contributed by atoms with van der Waals surface area (Å²) in [5.41, 5.74) is 3.36. The minimum atomic E-state index is -0.988. The van der Waals surface area contributed by atoms with Crippen LogP contribution in [0.2, 0.25) is 0 Å². The smallest absolute Gasteiger partial charge is 0.335 e. The van der Waals surface area contributed by atoms with Gasteiger partial charge in [0.15, 0.2) is 5.01 Å². The van der Waals surface area contributed by atoms with E-state index in [4.69, 9.17) is 5.11 Å². The molecule has 0 fully saturated rings. The quantitative estimate of drug-likeness (QED) is 0.872. The Morgan fingerprint density at radius 1 is 1.32 bits per heavy atom. The van der Waals surface area contributed by atoms with Crippen molar-refractivity contribution in [3.05, 3.63) is 57.0 Å². The minimum absolute atomic E-state index is 0.127. The van der Waals surface area contributed by atoms with Gasteiger partial charge in [0.1, 0.15) is 0 Å². The Hall–Kier alpha value is -2.27. The number of aromatic carboxylic acids is 1. The van der Waals surface area contributed by atoms with Crippen molar-refractivity contribution in [3.8, 4) is 0 Å². The Labute approximate surface area is 132 Å². The summed E-state index contributed by atoms with van der Waals surface area (Å²) in [6, 6.07) is 4.92. The Morgan fingerprint density at radius 3 is 2.73 bits per heavy atom. The van der Waals surface area contributed by atoms with Crippen LogP contribution in [0, 0.1) is 0 Å². The summed E-state index contributed by atoms with van der Waals surface area (Å²) in [5.74, 6) is -0.836. The van der Waals surface area contributed by atoms with Crippen LogP contribution in [0.1, 0.15) is 56.7 Å². The lowest BCUT2D eigenvalue weighted by atomic mass is 10.00. The first-order valence-electron chi connectivity index (χ1n) is 7.04. The van der Waals surface area contributed by atoms with E-state index in [0.29, 0.717) is 22.6 Å². The van der Waals surface area contributed by atoms with Crippen LogP contribution in [-0.4, -0.2) is 21.8 Å². The first-order valence-corrected chi connectivity index (χ1v) is 7.92. The SMILES string of the molecule is CC(C)c1csc(C(=O)C2=CCc3ccc(C(=O)O)cc32)n1. The van der Waals surface area contributed by atoms with Crippen LogP contribution in [-0.2, 0) is 6.42 Å². The van der Waals surface area contributed by atoms with Gasteiger partial charge in [0, 0.05) is 11.0 Å². The van der Waals surface area contributed by atoms with Crippen LogP contribution in [0.3, 0.4) is 0 Å². The molecule has 1 aromatic heterocycles. The Morgan fingerprint density at radius 2 is 2.09 bits per heavy atom. The Balaban J connectivity index is 1.96. The van der Waals surface area contributed by atoms with Crippen molar-refractivity contribution in [1.82, 2.24) is 4.98 Å². The number of allylic oxidation sites excluding steroid dienone is 2. The fourth-order valence-corrected chi connectivity index (χ4v) is 3.38. The van der Waals surface area contributed by atoms with Crippen LogP contribution >= 0.6 is 11.3 Å². The molecule has 0 radical (unpaired) electrons. The zero-order chi connectivity index (χ0) is 15.9. The molecule has 0 spiro atoms. The van der Waals surface area contributed by atoms with Crippen molar-refractivity contribution in [2.45, 2.75) is 26.2 Å². The van der Waals surface area contributed by atoms with Crippen molar-refractivity contribution in [1.29, 1.82) is 0 Å². The number of carbonyl (C=O) groups is 2. The summed E-state index contributed by atoms with van der Waals surface area (Å²) in [5, 5.41) is 11.5. The second-order valence-electron chi connectivity index (χ2n) is 5.56. The number of rotatable bonds is 4. The lowest BCUT2D eigenvalue weighted by molar-refractivity contribution is 0.0696. The molecule has 22 heavy (non-hydrogen) atoms. The molecule has 0 bridgehead atoms. The van der Waals surface area contributed by atoms with Gasteiger partial charge in [-0.15, -0.1) is 11.3 Å². The second kappa shape index (κ2) is 5.50. The summed E-state index contributed by atoms with van der Waals surface area (Å²) in [6.07, 6.45) is 2.51. The molecular formula is C17H15NO3S. The highest BCUT2D eigenvalue weighted by Crippen LogP contribution is 2.32. The number of thiazole rings is 1. The summed E-state index contributed by atoms with van der Waals surface area (Å²) < 4.78 is 0. The molecule has 112 valence electrons. The molecule has 1 aromatic carbocycles. The number of aromatic nitrogens is 1. The monoisotopic (exact) mass is 313 g/mol. The van der Waals surface area contributed by atoms with Gasteiger partial charge in [-0.25, -0.2) is 9.78 Å². The number of carboxylic acid groups (broad SMARTS) is 1. The van der Waals surface area contributed by atoms with Gasteiger partial charge >= 0.3 is 5.97 Å². The van der Waals surface area contributed by atoms with Crippen molar-refractivity contribution < 1.29 is 14.7 Å². The molecule has 0 atom stereocenters. The van der Waals surface area contributed by atoms with Gasteiger partial charge in [0.25, 0.3) is 0 Å². The minimum Gasteiger partial charge on any atom is -0.478 e. The van der Waals surface area contributed by atoms with E-state index >= 15 is 0 Å². The number of ketones is 1. The van der Waals surface area contributed by atoms with Crippen LogP contribution in [0.4, 0.5) is 0 Å². The van der Waals surface area contributed by atoms with Crippen LogP contribution < -0.4 is 0 Å². The van der Waals surface area contributed by atoms with Gasteiger partial charge in [-0.05, 0) is 35.6 Å². The van der Waals surface area contributed by atoms with Crippen molar-refractivity contribution in [2.24, 2.45) is 0 Å². The summed E-state index contributed by atoms with van der Waals surface area (Å²) >= 11 is 1.34. The Kier molecular flexibility index (Phi) is 3.66. The molecule has 4 nitrogen and oxygen atoms in total. The number of Topliss-reactive ketones (excluding diaryl/α,β-unsaturated/α-hetero) is 1. The topological polar surface area (TPSA) is 67.3 Å². The highest BCUT2D eigenvalue weighted by Gasteiger charge is 2.24. The third-order valence-electron chi connectivity index (χ3n) is 3.73. The molecule has 3 rings (SSSR count). The van der Waals surface area contributed by atoms with Crippen molar-refractivity contribution in [2.75, 3.05) is 0 Å². The summed E-state index contributed by atoms with van der Waals surface area (Å²) in [6.45, 7) is 4.07. The van der Waals surface area contributed by atoms with E-state index in [9.17, 15) is 9.59 Å². The second-order valence-corrected chi connectivity index (χ2v) is 6.42. The highest BCUT2D eigenvalue weighted by molar-refractivity contribution is 7.12. The van der Waals surface area contributed by atoms with E-state index in [2.05, 4.69) is 4.98 Å². The third kappa shape index (κ3) is 2.48. The Bertz CT molecular complexity index is 802. The number of nitrogens with zero attached hydrogens (tertiary/aromatic N) is 1. The van der Waals surface area contributed by atoms with Gasteiger partial charge in [0.2, 0.25) is 5.78 Å². The van der Waals surface area contributed by atoms with Gasteiger partial charge in [-0.2, -0.15) is 0 Å². The normalized spacial score (nSPS) is 13.1. The van der Waals surface area contributed by atoms with E-state index in [-0.39, 0.29) is 17.3 Å². The zero-order valence-corrected chi connectivity index (χ0v) is 13.1. The maximum Gasteiger partial charge on any atom is 0.335 e. The largest absolute Gasteiger partial charge is 0.478 e. The van der Waals surface area contributed by atoms with E-state index in [1.807, 2.05) is 25.3 Å². The molecule has 5 heteroatoms. The number of carboxylic acids is 1. The molecule has 0 unspecified atom stereocenters. The molecule has 0 amide bonds. The van der Waals surface area contributed by atoms with Gasteiger partial charge in [-0.1, -0.05) is 26.0 Å². The molecule has 0 aliphatic heterocycles. The van der Waals surface area contributed by atoms with Gasteiger partial charge in [0.05, 0.1) is 11.3 Å². The molecule has 1 N–H and O–H groups in total. The van der Waals surface area contributed by atoms with Crippen molar-refractivity contribution in [3.63, 3.8) is 0 Å². The zero-order valence-electron chi connectivity index (χ0n) is 12.3. The first-order chi connectivity index (χ1) is 10.5. The van der Waals surface area contributed by atoms with E-state index in [0.717, 1.165) is 11.3 Å². The molecular weight excluding hydrogens is 298 g/mol. The average molecular weight is 313 g/mol. The van der Waals surface area contributed by atoms with Crippen LogP contribution in [0.25, 0.3) is 5.57 Å². The molecule has 0 saturated carbocycles. The van der Waals surface area contributed by atoms with Crippen LogP contribution in [0.15, 0.2) is 29.7 Å². The summed E-state index contributed by atoms with van der Waals surface area (Å²) in [7, 11) is 0. The molecule has 1 heterocycles. The number of fused-ring (bicyclic) bond motifs is 1. The molecule has 1 aliphatic carbocycles. The van der Waals surface area contributed by atoms with E-state index in [1.54, 1.807) is 18.2 Å². The van der Waals surface area contributed by atoms with E-state index < -0.39 is 5.97 Å². The highest BCUT2D eigenvalue weighted by atomic mass is 32.1. The number of hydrogen-bond acceptors (Lipinski definition) is 4. The average Bonchev–Trinajstić information content (AvgIpc) is 3.13. The van der Waals surface area contributed by atoms with Gasteiger partial charge < -0.3 is 5.11 Å². The number of hydrogen-bond donors (Lipinski definition) is 1. The first kappa shape index (κ1) is 14.7. The number of benzene rings is 1. The predicted molar refractivity (Wildman–Crippen MR) is 85.6 cm³/mol. The standard InChI is InChI=1S/C17H15NO3S/c1-9(2)14-8-22-16(18-14)15(19)12-6-5-10-3-4-11(17(20)21)7-13(10)12/h3-4,6-9H,5H2,1-2H3,(H,20,21). The summed E-state index contributed by atoms with van der Waals surface area (Å²) in [4.78, 5) is 28.2. The third-order valence-corrected chi connectivity index (χ3v) is 4.58. The fraction of sp³-hybridized carbons (Fsp3) is 0.235. The fourth-order valence-electron chi connectivity index (χ4n) is 2.45. The lowest BCUT2D eigenvalue weighted by Crippen LogP contribution is -2.04. The van der Waals surface area contributed by atoms with Gasteiger partial charge in [-0.3, -0.25) is 4.79 Å². The maximum atomic E-state index is 12.7. The predicted octanol–water partition coefficient (Wildman–Crippen LogP) is 3.79. The van der Waals surface area contributed by atoms with Crippen molar-refractivity contribution >= 4 is 28.7 Å². The van der Waals surface area contributed by atoms with E-state index in [1.165, 1.54) is 11.3 Å². The molecule has 2 aromatic rings. The number of carbonyl (C=O) groups excluding carboxylic acids is 1. The molecule has 1 aliphatic rings. The maximum absolute atomic E-state index is 12.7. The lowest BCUT2D eigenvalue weighted by Gasteiger charge is -2.05. The molecule has 0 saturated heterocycles.